The number of fused-ring (bicyclic) bond motifs is 1. The van der Waals surface area contributed by atoms with Crippen LogP contribution in [0.15, 0.2) is 39.6 Å². The van der Waals surface area contributed by atoms with Crippen LogP contribution in [0.1, 0.15) is 23.2 Å². The highest BCUT2D eigenvalue weighted by molar-refractivity contribution is 8.01. The predicted octanol–water partition coefficient (Wildman–Crippen LogP) is 3.50. The standard InChI is InChI=1S/C14H11N3O2S2/c1-2-12-16-14(21-17-12)20-11-7-10(13(18)19)15-9-6-4-3-5-8(9)11/h3-7H,2H2,1H3,(H,18,19). The summed E-state index contributed by atoms with van der Waals surface area (Å²) in [7, 11) is 0. The van der Waals surface area contributed by atoms with Gasteiger partial charge in [0.1, 0.15) is 11.5 Å². The van der Waals surface area contributed by atoms with Crippen molar-refractivity contribution in [3.63, 3.8) is 0 Å². The van der Waals surface area contributed by atoms with Crippen molar-refractivity contribution in [3.8, 4) is 0 Å². The summed E-state index contributed by atoms with van der Waals surface area (Å²) < 4.78 is 5.05. The Balaban J connectivity index is 2.09. The molecule has 3 aromatic rings. The first-order chi connectivity index (χ1) is 10.2. The molecule has 0 aliphatic carbocycles. The molecule has 1 aromatic carbocycles. The van der Waals surface area contributed by atoms with Gasteiger partial charge in [0.25, 0.3) is 0 Å². The number of hydrogen-bond donors (Lipinski definition) is 1. The predicted molar refractivity (Wildman–Crippen MR) is 82.1 cm³/mol. The van der Waals surface area contributed by atoms with Crippen LogP contribution in [0.2, 0.25) is 0 Å². The Labute approximate surface area is 129 Å². The highest BCUT2D eigenvalue weighted by atomic mass is 32.2. The molecule has 3 rings (SSSR count). The minimum atomic E-state index is -1.03. The van der Waals surface area contributed by atoms with Crippen LogP contribution in [0.3, 0.4) is 0 Å². The van der Waals surface area contributed by atoms with Gasteiger partial charge in [-0.05, 0) is 23.7 Å². The summed E-state index contributed by atoms with van der Waals surface area (Å²) in [5.41, 5.74) is 0.705. The van der Waals surface area contributed by atoms with Gasteiger partial charge in [-0.2, -0.15) is 4.37 Å². The summed E-state index contributed by atoms with van der Waals surface area (Å²) >= 11 is 2.75. The van der Waals surface area contributed by atoms with Crippen molar-refractivity contribution in [2.75, 3.05) is 0 Å². The molecule has 0 bridgehead atoms. The van der Waals surface area contributed by atoms with E-state index >= 15 is 0 Å². The molecule has 5 nitrogen and oxygen atoms in total. The topological polar surface area (TPSA) is 76.0 Å². The van der Waals surface area contributed by atoms with Crippen molar-refractivity contribution < 1.29 is 9.90 Å². The summed E-state index contributed by atoms with van der Waals surface area (Å²) in [5.74, 6) is -0.228. The van der Waals surface area contributed by atoms with E-state index in [1.807, 2.05) is 31.2 Å². The van der Waals surface area contributed by atoms with Crippen LogP contribution in [0.5, 0.6) is 0 Å². The molecule has 21 heavy (non-hydrogen) atoms. The molecular weight excluding hydrogens is 306 g/mol. The van der Waals surface area contributed by atoms with Gasteiger partial charge in [-0.3, -0.25) is 0 Å². The smallest absolute Gasteiger partial charge is 0.354 e. The van der Waals surface area contributed by atoms with E-state index in [0.29, 0.717) is 5.52 Å². The molecule has 1 N–H and O–H groups in total. The number of carboxylic acids is 1. The Morgan fingerprint density at radius 2 is 2.14 bits per heavy atom. The fourth-order valence-electron chi connectivity index (χ4n) is 1.85. The first-order valence-electron chi connectivity index (χ1n) is 6.31. The number of hydrogen-bond acceptors (Lipinski definition) is 6. The maximum atomic E-state index is 11.2. The monoisotopic (exact) mass is 317 g/mol. The first kappa shape index (κ1) is 14.0. The molecule has 0 aliphatic heterocycles. The average Bonchev–Trinajstić information content (AvgIpc) is 2.94. The number of rotatable bonds is 4. The first-order valence-corrected chi connectivity index (χ1v) is 7.90. The Hall–Kier alpha value is -1.99. The van der Waals surface area contributed by atoms with E-state index in [1.54, 1.807) is 6.07 Å². The minimum absolute atomic E-state index is 0.0384. The third kappa shape index (κ3) is 2.88. The Kier molecular flexibility index (Phi) is 3.85. The van der Waals surface area contributed by atoms with Crippen molar-refractivity contribution in [1.29, 1.82) is 0 Å². The van der Waals surface area contributed by atoms with E-state index in [2.05, 4.69) is 14.3 Å². The Bertz CT molecular complexity index is 817. The van der Waals surface area contributed by atoms with E-state index in [0.717, 1.165) is 26.9 Å². The van der Waals surface area contributed by atoms with Gasteiger partial charge in [0.2, 0.25) is 0 Å². The lowest BCUT2D eigenvalue weighted by Gasteiger charge is -2.05. The molecule has 0 fully saturated rings. The number of carboxylic acid groups (broad SMARTS) is 1. The maximum absolute atomic E-state index is 11.2. The second-order valence-corrected chi connectivity index (χ2v) is 6.30. The van der Waals surface area contributed by atoms with E-state index in [1.165, 1.54) is 23.3 Å². The van der Waals surface area contributed by atoms with Gasteiger partial charge in [0.15, 0.2) is 4.34 Å². The molecule has 0 aliphatic rings. The molecule has 0 radical (unpaired) electrons. The van der Waals surface area contributed by atoms with E-state index in [9.17, 15) is 9.90 Å². The molecule has 0 saturated heterocycles. The number of carbonyl (C=O) groups is 1. The molecular formula is C14H11N3O2S2. The fourth-order valence-corrected chi connectivity index (χ4v) is 3.68. The summed E-state index contributed by atoms with van der Waals surface area (Å²) in [6, 6.07) is 9.07. The molecule has 0 atom stereocenters. The van der Waals surface area contributed by atoms with Crippen molar-refractivity contribution in [2.45, 2.75) is 22.6 Å². The summed E-state index contributed by atoms with van der Waals surface area (Å²) in [5, 5.41) is 10.1. The zero-order valence-corrected chi connectivity index (χ0v) is 12.7. The van der Waals surface area contributed by atoms with Gasteiger partial charge < -0.3 is 5.11 Å². The fraction of sp³-hybridized carbons (Fsp3) is 0.143. The quantitative estimate of drug-likeness (QED) is 0.793. The van der Waals surface area contributed by atoms with Gasteiger partial charge in [-0.25, -0.2) is 14.8 Å². The summed E-state index contributed by atoms with van der Waals surface area (Å²) in [6.07, 6.45) is 0.786. The highest BCUT2D eigenvalue weighted by Crippen LogP contribution is 2.34. The average molecular weight is 317 g/mol. The number of aryl methyl sites for hydroxylation is 1. The number of para-hydroxylation sites is 1. The Morgan fingerprint density at radius 1 is 1.33 bits per heavy atom. The zero-order valence-electron chi connectivity index (χ0n) is 11.1. The van der Waals surface area contributed by atoms with Crippen LogP contribution < -0.4 is 0 Å². The van der Waals surface area contributed by atoms with Crippen LogP contribution >= 0.6 is 23.3 Å². The van der Waals surface area contributed by atoms with Crippen molar-refractivity contribution in [1.82, 2.24) is 14.3 Å². The van der Waals surface area contributed by atoms with Gasteiger partial charge in [-0.15, -0.1) is 0 Å². The van der Waals surface area contributed by atoms with Crippen molar-refractivity contribution in [3.05, 3.63) is 41.9 Å². The number of aromatic nitrogens is 3. The number of nitrogens with zero attached hydrogens (tertiary/aromatic N) is 3. The van der Waals surface area contributed by atoms with E-state index in [-0.39, 0.29) is 5.69 Å². The van der Waals surface area contributed by atoms with Crippen LogP contribution in [-0.2, 0) is 6.42 Å². The van der Waals surface area contributed by atoms with Crippen LogP contribution in [0.4, 0.5) is 0 Å². The van der Waals surface area contributed by atoms with Crippen LogP contribution in [0.25, 0.3) is 10.9 Å². The lowest BCUT2D eigenvalue weighted by Crippen LogP contribution is -2.00. The third-order valence-electron chi connectivity index (χ3n) is 2.86. The second-order valence-electron chi connectivity index (χ2n) is 4.26. The molecule has 2 heterocycles. The molecule has 0 amide bonds. The second kappa shape index (κ2) is 5.79. The minimum Gasteiger partial charge on any atom is -0.477 e. The van der Waals surface area contributed by atoms with Gasteiger partial charge in [0, 0.05) is 16.7 Å². The van der Waals surface area contributed by atoms with Gasteiger partial charge in [0.05, 0.1) is 5.52 Å². The van der Waals surface area contributed by atoms with Crippen LogP contribution in [-0.4, -0.2) is 25.4 Å². The van der Waals surface area contributed by atoms with Gasteiger partial charge in [-0.1, -0.05) is 36.9 Å². The summed E-state index contributed by atoms with van der Waals surface area (Å²) in [6.45, 7) is 2.00. The lowest BCUT2D eigenvalue weighted by atomic mass is 10.2. The molecule has 0 spiro atoms. The normalized spacial score (nSPS) is 10.9. The summed E-state index contributed by atoms with van der Waals surface area (Å²) in [4.78, 5) is 20.6. The SMILES string of the molecule is CCc1nsc(Sc2cc(C(=O)O)nc3ccccc23)n1. The number of benzene rings is 1. The maximum Gasteiger partial charge on any atom is 0.354 e. The molecule has 0 saturated carbocycles. The van der Waals surface area contributed by atoms with E-state index in [4.69, 9.17) is 0 Å². The van der Waals surface area contributed by atoms with Crippen LogP contribution in [0, 0.1) is 0 Å². The highest BCUT2D eigenvalue weighted by Gasteiger charge is 2.13. The van der Waals surface area contributed by atoms with Crippen molar-refractivity contribution >= 4 is 40.2 Å². The molecule has 0 unspecified atom stereocenters. The van der Waals surface area contributed by atoms with Gasteiger partial charge >= 0.3 is 5.97 Å². The number of aromatic carboxylic acids is 1. The Morgan fingerprint density at radius 3 is 2.86 bits per heavy atom. The zero-order chi connectivity index (χ0) is 14.8. The lowest BCUT2D eigenvalue weighted by molar-refractivity contribution is 0.0690. The van der Waals surface area contributed by atoms with E-state index < -0.39 is 5.97 Å². The number of pyridine rings is 1. The molecule has 106 valence electrons. The van der Waals surface area contributed by atoms with Crippen molar-refractivity contribution in [2.24, 2.45) is 0 Å². The molecule has 7 heteroatoms. The molecule has 2 aromatic heterocycles. The largest absolute Gasteiger partial charge is 0.477 e. The third-order valence-corrected chi connectivity index (χ3v) is 4.71.